The van der Waals surface area contributed by atoms with E-state index in [4.69, 9.17) is 14.2 Å². The molecule has 168 valence electrons. The van der Waals surface area contributed by atoms with Crippen LogP contribution in [0.5, 0.6) is 11.5 Å². The Balaban J connectivity index is 2.32. The molecule has 0 N–H and O–H groups in total. The van der Waals surface area contributed by atoms with Crippen LogP contribution in [0.25, 0.3) is 6.08 Å². The zero-order chi connectivity index (χ0) is 23.1. The third kappa shape index (κ3) is 6.01. The van der Waals surface area contributed by atoms with E-state index in [1.807, 2.05) is 0 Å². The van der Waals surface area contributed by atoms with Crippen LogP contribution in [0.2, 0.25) is 0 Å². The minimum atomic E-state index is -1.03. The van der Waals surface area contributed by atoms with Gasteiger partial charge in [-0.05, 0) is 72.2 Å². The number of nitrogens with zero attached hydrogens (tertiary/aromatic N) is 1. The number of ether oxygens (including phenoxy) is 4. The van der Waals surface area contributed by atoms with E-state index < -0.39 is 29.1 Å². The number of carbonyl (C=O) groups excluding carboxylic acids is 4. The van der Waals surface area contributed by atoms with Gasteiger partial charge in [0, 0.05) is 0 Å². The van der Waals surface area contributed by atoms with Gasteiger partial charge in [-0.25, -0.2) is 9.59 Å². The highest BCUT2D eigenvalue weighted by Crippen LogP contribution is 2.39. The van der Waals surface area contributed by atoms with Gasteiger partial charge in [0.05, 0.1) is 29.7 Å². The molecule has 1 fully saturated rings. The monoisotopic (exact) mass is 515 g/mol. The highest BCUT2D eigenvalue weighted by molar-refractivity contribution is 9.10. The molecule has 0 aromatic heterocycles. The number of benzene rings is 1. The van der Waals surface area contributed by atoms with E-state index in [-0.39, 0.29) is 18.1 Å². The van der Waals surface area contributed by atoms with Crippen LogP contribution < -0.4 is 9.47 Å². The molecular formula is C20H22BrNO8S. The SMILES string of the molecule is CCOC(=O)[C@@H](C)N1C(=O)S/C(=C/c2cc(Br)c(OCC(=O)OC)c(OCC)c2)C1=O. The van der Waals surface area contributed by atoms with Crippen molar-refractivity contribution in [1.29, 1.82) is 0 Å². The van der Waals surface area contributed by atoms with Crippen LogP contribution in [-0.2, 0) is 23.9 Å². The van der Waals surface area contributed by atoms with Crippen LogP contribution in [0.1, 0.15) is 26.3 Å². The number of thioether (sulfide) groups is 1. The molecule has 1 aliphatic heterocycles. The molecular weight excluding hydrogens is 494 g/mol. The number of amides is 2. The first-order valence-electron chi connectivity index (χ1n) is 9.33. The first kappa shape index (κ1) is 24.7. The minimum Gasteiger partial charge on any atom is -0.490 e. The summed E-state index contributed by atoms with van der Waals surface area (Å²) in [5.41, 5.74) is 0.551. The van der Waals surface area contributed by atoms with Crippen molar-refractivity contribution in [3.63, 3.8) is 0 Å². The molecule has 0 spiro atoms. The molecule has 1 saturated heterocycles. The molecule has 0 radical (unpaired) electrons. The van der Waals surface area contributed by atoms with Gasteiger partial charge in [-0.2, -0.15) is 0 Å². The van der Waals surface area contributed by atoms with Crippen LogP contribution in [0.15, 0.2) is 21.5 Å². The Morgan fingerprint density at radius 3 is 2.52 bits per heavy atom. The van der Waals surface area contributed by atoms with Gasteiger partial charge in [-0.15, -0.1) is 0 Å². The highest BCUT2D eigenvalue weighted by Gasteiger charge is 2.41. The smallest absolute Gasteiger partial charge is 0.343 e. The molecule has 1 atom stereocenters. The normalized spacial score (nSPS) is 15.8. The van der Waals surface area contributed by atoms with E-state index in [1.54, 1.807) is 26.0 Å². The summed E-state index contributed by atoms with van der Waals surface area (Å²) in [4.78, 5) is 49.4. The maximum Gasteiger partial charge on any atom is 0.343 e. The van der Waals surface area contributed by atoms with Gasteiger partial charge in [0.1, 0.15) is 6.04 Å². The Hall–Kier alpha value is -2.53. The maximum absolute atomic E-state index is 12.7. The van der Waals surface area contributed by atoms with Crippen LogP contribution in [-0.4, -0.2) is 61.0 Å². The summed E-state index contributed by atoms with van der Waals surface area (Å²) in [6.45, 7) is 5.04. The molecule has 1 aliphatic rings. The molecule has 0 unspecified atom stereocenters. The van der Waals surface area contributed by atoms with Crippen molar-refractivity contribution in [2.45, 2.75) is 26.8 Å². The first-order chi connectivity index (χ1) is 14.7. The molecule has 9 nitrogen and oxygen atoms in total. The molecule has 2 amide bonds. The lowest BCUT2D eigenvalue weighted by atomic mass is 10.1. The fraction of sp³-hybridized carbons (Fsp3) is 0.400. The number of imide groups is 1. The number of hydrogen-bond donors (Lipinski definition) is 0. The Morgan fingerprint density at radius 1 is 1.19 bits per heavy atom. The summed E-state index contributed by atoms with van der Waals surface area (Å²) in [6, 6.07) is 2.24. The maximum atomic E-state index is 12.7. The van der Waals surface area contributed by atoms with E-state index >= 15 is 0 Å². The number of hydrogen-bond acceptors (Lipinski definition) is 9. The van der Waals surface area contributed by atoms with E-state index in [0.29, 0.717) is 28.1 Å². The summed E-state index contributed by atoms with van der Waals surface area (Å²) < 4.78 is 21.0. The molecule has 2 rings (SSSR count). The van der Waals surface area contributed by atoms with Crippen molar-refractivity contribution in [3.05, 3.63) is 27.1 Å². The summed E-state index contributed by atoms with van der Waals surface area (Å²) in [7, 11) is 1.25. The molecule has 1 aromatic carbocycles. The average Bonchev–Trinajstić information content (AvgIpc) is 2.99. The summed E-state index contributed by atoms with van der Waals surface area (Å²) >= 11 is 4.10. The van der Waals surface area contributed by atoms with Gasteiger partial charge in [0.2, 0.25) is 0 Å². The first-order valence-corrected chi connectivity index (χ1v) is 10.9. The molecule has 11 heteroatoms. The zero-order valence-electron chi connectivity index (χ0n) is 17.4. The third-order valence-corrected chi connectivity index (χ3v) is 5.50. The van der Waals surface area contributed by atoms with Gasteiger partial charge in [0.25, 0.3) is 11.1 Å². The zero-order valence-corrected chi connectivity index (χ0v) is 19.8. The van der Waals surface area contributed by atoms with Gasteiger partial charge >= 0.3 is 11.9 Å². The predicted octanol–water partition coefficient (Wildman–Crippen LogP) is 3.39. The topological polar surface area (TPSA) is 108 Å². The molecule has 1 aromatic rings. The third-order valence-electron chi connectivity index (χ3n) is 4.03. The number of methoxy groups -OCH3 is 1. The number of esters is 2. The van der Waals surface area contributed by atoms with Crippen LogP contribution in [0, 0.1) is 0 Å². The minimum absolute atomic E-state index is 0.147. The summed E-state index contributed by atoms with van der Waals surface area (Å²) in [5, 5.41) is -0.557. The second-order valence-corrected chi connectivity index (χ2v) is 7.96. The van der Waals surface area contributed by atoms with Crippen molar-refractivity contribution in [3.8, 4) is 11.5 Å². The molecule has 31 heavy (non-hydrogen) atoms. The van der Waals surface area contributed by atoms with Crippen LogP contribution in [0.4, 0.5) is 4.79 Å². The largest absolute Gasteiger partial charge is 0.490 e. The van der Waals surface area contributed by atoms with Gasteiger partial charge in [-0.1, -0.05) is 0 Å². The van der Waals surface area contributed by atoms with E-state index in [0.717, 1.165) is 16.7 Å². The number of halogens is 1. The second-order valence-electron chi connectivity index (χ2n) is 6.11. The van der Waals surface area contributed by atoms with Gasteiger partial charge in [-0.3, -0.25) is 14.5 Å². The summed E-state index contributed by atoms with van der Waals surface area (Å²) in [6.07, 6.45) is 1.51. The molecule has 1 heterocycles. The average molecular weight is 516 g/mol. The molecule has 0 bridgehead atoms. The van der Waals surface area contributed by atoms with Crippen molar-refractivity contribution in [2.24, 2.45) is 0 Å². The lowest BCUT2D eigenvalue weighted by Crippen LogP contribution is -2.42. The highest BCUT2D eigenvalue weighted by atomic mass is 79.9. The Morgan fingerprint density at radius 2 is 1.90 bits per heavy atom. The van der Waals surface area contributed by atoms with E-state index in [9.17, 15) is 19.2 Å². The van der Waals surface area contributed by atoms with E-state index in [1.165, 1.54) is 20.1 Å². The lowest BCUT2D eigenvalue weighted by molar-refractivity contribution is -0.150. The van der Waals surface area contributed by atoms with Crippen LogP contribution in [0.3, 0.4) is 0 Å². The summed E-state index contributed by atoms with van der Waals surface area (Å²) in [5.74, 6) is -1.16. The second kappa shape index (κ2) is 11.2. The number of carbonyl (C=O) groups is 4. The van der Waals surface area contributed by atoms with E-state index in [2.05, 4.69) is 20.7 Å². The van der Waals surface area contributed by atoms with Crippen molar-refractivity contribution in [2.75, 3.05) is 26.9 Å². The molecule has 0 aliphatic carbocycles. The van der Waals surface area contributed by atoms with Crippen molar-refractivity contribution >= 4 is 56.9 Å². The Labute approximate surface area is 192 Å². The lowest BCUT2D eigenvalue weighted by Gasteiger charge is -2.19. The predicted molar refractivity (Wildman–Crippen MR) is 117 cm³/mol. The Kier molecular flexibility index (Phi) is 8.93. The van der Waals surface area contributed by atoms with Crippen LogP contribution >= 0.6 is 27.7 Å². The van der Waals surface area contributed by atoms with Crippen molar-refractivity contribution < 1.29 is 38.1 Å². The fourth-order valence-corrected chi connectivity index (χ4v) is 4.08. The van der Waals surface area contributed by atoms with Gasteiger partial charge in [0.15, 0.2) is 18.1 Å². The van der Waals surface area contributed by atoms with Gasteiger partial charge < -0.3 is 18.9 Å². The van der Waals surface area contributed by atoms with Crippen molar-refractivity contribution in [1.82, 2.24) is 4.90 Å². The number of rotatable bonds is 9. The quantitative estimate of drug-likeness (QED) is 0.361. The molecule has 0 saturated carbocycles. The fourth-order valence-electron chi connectivity index (χ4n) is 2.60. The standard InChI is InChI=1S/C20H22BrNO8S/c1-5-28-14-8-12(7-13(21)17(14)30-10-16(23)27-4)9-15-18(24)22(20(26)31-15)11(3)19(25)29-6-2/h7-9,11H,5-6,10H2,1-4H3/b15-9+/t11-/m1/s1. The Bertz CT molecular complexity index is 917.